The molecule has 29 heavy (non-hydrogen) atoms. The van der Waals surface area contributed by atoms with Gasteiger partial charge in [-0.05, 0) is 56.9 Å². The first-order valence-electron chi connectivity index (χ1n) is 9.52. The van der Waals surface area contributed by atoms with Crippen LogP contribution < -0.4 is 10.6 Å². The van der Waals surface area contributed by atoms with Gasteiger partial charge in [0.2, 0.25) is 0 Å². The number of guanidine groups is 1. The minimum absolute atomic E-state index is 0. The van der Waals surface area contributed by atoms with E-state index < -0.39 is 9.84 Å². The zero-order valence-corrected chi connectivity index (χ0v) is 21.0. The van der Waals surface area contributed by atoms with E-state index in [2.05, 4.69) is 27.6 Å². The summed E-state index contributed by atoms with van der Waals surface area (Å²) in [6.45, 7) is 8.35. The molecule has 0 fully saturated rings. The van der Waals surface area contributed by atoms with Gasteiger partial charge in [-0.3, -0.25) is 9.67 Å². The zero-order chi connectivity index (χ0) is 20.7. The molecule has 0 saturated carbocycles. The number of rotatable bonds is 8. The Balaban J connectivity index is 0.00000420. The highest BCUT2D eigenvalue weighted by molar-refractivity contribution is 14.0. The maximum Gasteiger partial charge on any atom is 0.191 e. The van der Waals surface area contributed by atoms with Gasteiger partial charge >= 0.3 is 0 Å². The lowest BCUT2D eigenvalue weighted by atomic mass is 10.1. The normalized spacial score (nSPS) is 11.8. The fourth-order valence-corrected chi connectivity index (χ4v) is 3.66. The number of sulfone groups is 1. The molecule has 0 spiro atoms. The van der Waals surface area contributed by atoms with Crippen LogP contribution in [0.4, 0.5) is 0 Å². The Kier molecular flexibility index (Phi) is 10.1. The minimum atomic E-state index is -3.15. The Hall–Kier alpha value is -1.62. The molecule has 9 heteroatoms. The summed E-state index contributed by atoms with van der Waals surface area (Å²) in [5.41, 5.74) is 4.58. The van der Waals surface area contributed by atoms with Crippen molar-refractivity contribution < 1.29 is 8.42 Å². The second kappa shape index (κ2) is 11.5. The summed E-state index contributed by atoms with van der Waals surface area (Å²) in [5.74, 6) is 0.787. The van der Waals surface area contributed by atoms with Gasteiger partial charge in [-0.25, -0.2) is 8.42 Å². The molecular weight excluding hydrogens is 501 g/mol. The topological polar surface area (TPSA) is 88.4 Å². The van der Waals surface area contributed by atoms with Gasteiger partial charge in [0.25, 0.3) is 0 Å². The monoisotopic (exact) mass is 533 g/mol. The lowest BCUT2D eigenvalue weighted by molar-refractivity contribution is 0.602. The first-order valence-corrected chi connectivity index (χ1v) is 11.4. The number of hydrogen-bond donors (Lipinski definition) is 2. The van der Waals surface area contributed by atoms with E-state index in [0.29, 0.717) is 11.4 Å². The third-order valence-corrected chi connectivity index (χ3v) is 5.82. The van der Waals surface area contributed by atoms with Crippen LogP contribution in [0.2, 0.25) is 0 Å². The van der Waals surface area contributed by atoms with E-state index in [1.807, 2.05) is 37.7 Å². The number of aromatic nitrogens is 2. The summed E-state index contributed by atoms with van der Waals surface area (Å²) in [6.07, 6.45) is 2.86. The van der Waals surface area contributed by atoms with Crippen LogP contribution in [0.5, 0.6) is 0 Å². The first-order chi connectivity index (χ1) is 13.2. The molecule has 0 bridgehead atoms. The number of nitrogens with zero attached hydrogens (tertiary/aromatic N) is 3. The molecule has 0 unspecified atom stereocenters. The fourth-order valence-electron chi connectivity index (χ4n) is 3.03. The van der Waals surface area contributed by atoms with Gasteiger partial charge in [-0.2, -0.15) is 5.10 Å². The number of halogens is 1. The van der Waals surface area contributed by atoms with Crippen LogP contribution in [0.15, 0.2) is 34.2 Å². The van der Waals surface area contributed by atoms with Crippen molar-refractivity contribution in [2.75, 3.05) is 25.9 Å². The van der Waals surface area contributed by atoms with Gasteiger partial charge < -0.3 is 10.6 Å². The molecule has 7 nitrogen and oxygen atoms in total. The highest BCUT2D eigenvalue weighted by Crippen LogP contribution is 2.12. The van der Waals surface area contributed by atoms with E-state index >= 15 is 0 Å². The molecule has 2 rings (SSSR count). The van der Waals surface area contributed by atoms with Crippen molar-refractivity contribution in [3.8, 4) is 0 Å². The summed E-state index contributed by atoms with van der Waals surface area (Å²) < 4.78 is 25.0. The quantitative estimate of drug-likeness (QED) is 0.309. The molecule has 0 radical (unpaired) electrons. The van der Waals surface area contributed by atoms with E-state index in [4.69, 9.17) is 0 Å². The van der Waals surface area contributed by atoms with Crippen molar-refractivity contribution >= 4 is 39.8 Å². The van der Waals surface area contributed by atoms with Gasteiger partial charge in [-0.15, -0.1) is 24.0 Å². The lowest BCUT2D eigenvalue weighted by Crippen LogP contribution is -2.38. The maximum absolute atomic E-state index is 11.5. The van der Waals surface area contributed by atoms with E-state index in [1.54, 1.807) is 12.1 Å². The molecule has 1 heterocycles. The lowest BCUT2D eigenvalue weighted by Gasteiger charge is -2.11. The number of aryl methyl sites for hydroxylation is 2. The molecule has 0 aliphatic rings. The van der Waals surface area contributed by atoms with Crippen LogP contribution in [0, 0.1) is 13.8 Å². The number of hydrogen-bond acceptors (Lipinski definition) is 4. The molecular formula is C20H32IN5O2S. The number of aliphatic imine (C=N–C) groups is 1. The summed E-state index contributed by atoms with van der Waals surface area (Å²) >= 11 is 0. The molecule has 0 aliphatic carbocycles. The van der Waals surface area contributed by atoms with Crippen molar-refractivity contribution in [1.82, 2.24) is 20.4 Å². The van der Waals surface area contributed by atoms with Crippen LogP contribution >= 0.6 is 24.0 Å². The Morgan fingerprint density at radius 3 is 2.31 bits per heavy atom. The van der Waals surface area contributed by atoms with Crippen LogP contribution in [-0.2, 0) is 29.7 Å². The van der Waals surface area contributed by atoms with Gasteiger partial charge in [0.15, 0.2) is 15.8 Å². The van der Waals surface area contributed by atoms with Crippen molar-refractivity contribution in [2.24, 2.45) is 12.0 Å². The third kappa shape index (κ3) is 7.61. The van der Waals surface area contributed by atoms with Gasteiger partial charge in [0, 0.05) is 38.6 Å². The molecule has 1 aromatic heterocycles. The van der Waals surface area contributed by atoms with Gasteiger partial charge in [0.05, 0.1) is 10.6 Å². The van der Waals surface area contributed by atoms with E-state index in [9.17, 15) is 8.42 Å². The van der Waals surface area contributed by atoms with Gasteiger partial charge in [-0.1, -0.05) is 12.1 Å². The second-order valence-electron chi connectivity index (χ2n) is 6.88. The SMILES string of the molecule is CCNC(=NCCc1c(C)nn(C)c1C)NCCc1ccc(S(C)(=O)=O)cc1.I. The zero-order valence-electron chi connectivity index (χ0n) is 17.8. The molecule has 1 aromatic carbocycles. The molecule has 162 valence electrons. The standard InChI is InChI=1S/C20H31N5O2S.HI/c1-6-21-20(23-14-12-19-15(2)24-25(4)16(19)3)22-13-11-17-7-9-18(10-8-17)28(5,26)27;/h7-10H,6,11-14H2,1-5H3,(H2,21,22,23);1H. The van der Waals surface area contributed by atoms with Crippen molar-refractivity contribution in [2.45, 2.75) is 38.5 Å². The third-order valence-electron chi connectivity index (χ3n) is 4.69. The molecule has 0 amide bonds. The van der Waals surface area contributed by atoms with E-state index in [1.165, 1.54) is 17.5 Å². The molecule has 2 N–H and O–H groups in total. The highest BCUT2D eigenvalue weighted by atomic mass is 127. The van der Waals surface area contributed by atoms with Crippen LogP contribution in [0.25, 0.3) is 0 Å². The van der Waals surface area contributed by atoms with Crippen molar-refractivity contribution in [3.05, 3.63) is 46.8 Å². The summed E-state index contributed by atoms with van der Waals surface area (Å²) in [7, 11) is -1.19. The molecule has 0 saturated heterocycles. The Labute approximate surface area is 191 Å². The Morgan fingerprint density at radius 2 is 1.79 bits per heavy atom. The molecule has 0 atom stereocenters. The Bertz CT molecular complexity index is 921. The average Bonchev–Trinajstić information content (AvgIpc) is 2.87. The average molecular weight is 533 g/mol. The van der Waals surface area contributed by atoms with Crippen LogP contribution in [-0.4, -0.2) is 50.0 Å². The fraction of sp³-hybridized carbons (Fsp3) is 0.500. The summed E-state index contributed by atoms with van der Waals surface area (Å²) in [5, 5.41) is 11.0. The predicted molar refractivity (Wildman–Crippen MR) is 129 cm³/mol. The number of nitrogens with one attached hydrogen (secondary N) is 2. The highest BCUT2D eigenvalue weighted by Gasteiger charge is 2.09. The molecule has 2 aromatic rings. The van der Waals surface area contributed by atoms with Crippen molar-refractivity contribution in [1.29, 1.82) is 0 Å². The molecule has 0 aliphatic heterocycles. The van der Waals surface area contributed by atoms with Crippen LogP contribution in [0.1, 0.15) is 29.4 Å². The number of benzene rings is 1. The summed E-state index contributed by atoms with van der Waals surface area (Å²) in [6, 6.07) is 7.03. The van der Waals surface area contributed by atoms with E-state index in [-0.39, 0.29) is 24.0 Å². The van der Waals surface area contributed by atoms with Gasteiger partial charge in [0.1, 0.15) is 0 Å². The van der Waals surface area contributed by atoms with E-state index in [0.717, 1.165) is 43.1 Å². The predicted octanol–water partition coefficient (Wildman–Crippen LogP) is 2.40. The largest absolute Gasteiger partial charge is 0.357 e. The van der Waals surface area contributed by atoms with Crippen molar-refractivity contribution in [3.63, 3.8) is 0 Å². The second-order valence-corrected chi connectivity index (χ2v) is 8.89. The smallest absolute Gasteiger partial charge is 0.191 e. The summed E-state index contributed by atoms with van der Waals surface area (Å²) in [4.78, 5) is 5.00. The Morgan fingerprint density at radius 1 is 1.14 bits per heavy atom. The minimum Gasteiger partial charge on any atom is -0.357 e. The maximum atomic E-state index is 11.5. The van der Waals surface area contributed by atoms with Crippen LogP contribution in [0.3, 0.4) is 0 Å². The first kappa shape index (κ1) is 25.4.